The van der Waals surface area contributed by atoms with E-state index in [0.29, 0.717) is 5.69 Å². The van der Waals surface area contributed by atoms with Crippen molar-refractivity contribution in [3.63, 3.8) is 0 Å². The summed E-state index contributed by atoms with van der Waals surface area (Å²) in [6, 6.07) is 19.7. The van der Waals surface area contributed by atoms with E-state index in [2.05, 4.69) is 10.1 Å². The van der Waals surface area contributed by atoms with Gasteiger partial charge in [-0.15, -0.1) is 5.10 Å². The summed E-state index contributed by atoms with van der Waals surface area (Å²) < 4.78 is 26.4. The lowest BCUT2D eigenvalue weighted by Crippen LogP contribution is -2.41. The zero-order chi connectivity index (χ0) is 21.3. The summed E-state index contributed by atoms with van der Waals surface area (Å²) in [4.78, 5) is 18.6. The Morgan fingerprint density at radius 2 is 1.70 bits per heavy atom. The van der Waals surface area contributed by atoms with Gasteiger partial charge in [-0.1, -0.05) is 48.0 Å². The van der Waals surface area contributed by atoms with E-state index in [1.807, 2.05) is 61.5 Å². The predicted molar refractivity (Wildman–Crippen MR) is 115 cm³/mol. The van der Waals surface area contributed by atoms with Crippen LogP contribution in [0.1, 0.15) is 11.1 Å². The molecule has 3 aromatic rings. The molecule has 0 saturated heterocycles. The Kier molecular flexibility index (Phi) is 5.09. The summed E-state index contributed by atoms with van der Waals surface area (Å²) in [6.45, 7) is 2.21. The van der Waals surface area contributed by atoms with Crippen molar-refractivity contribution in [1.29, 1.82) is 0 Å². The van der Waals surface area contributed by atoms with Crippen LogP contribution in [0.2, 0.25) is 0 Å². The van der Waals surface area contributed by atoms with Gasteiger partial charge in [0.15, 0.2) is 5.82 Å². The van der Waals surface area contributed by atoms with Gasteiger partial charge >= 0.3 is 0 Å². The molecule has 1 aliphatic heterocycles. The van der Waals surface area contributed by atoms with E-state index in [1.54, 1.807) is 7.05 Å². The molecule has 1 aliphatic rings. The van der Waals surface area contributed by atoms with E-state index in [1.165, 1.54) is 28.2 Å². The van der Waals surface area contributed by atoms with Crippen LogP contribution in [0.25, 0.3) is 0 Å². The Morgan fingerprint density at radius 3 is 2.40 bits per heavy atom. The maximum atomic E-state index is 13.2. The quantitative estimate of drug-likeness (QED) is 0.647. The number of nitrogens with zero attached hydrogens (tertiary/aromatic N) is 4. The van der Waals surface area contributed by atoms with Crippen molar-refractivity contribution in [3.8, 4) is 0 Å². The number of aryl methyl sites for hydroxylation is 1. The van der Waals surface area contributed by atoms with Gasteiger partial charge in [0.25, 0.3) is 5.91 Å². The number of carbonyl (C=O) groups excluding carboxylic acids is 1. The molecule has 0 radical (unpaired) electrons. The number of benzene rings is 2. The van der Waals surface area contributed by atoms with Crippen molar-refractivity contribution < 1.29 is 13.2 Å². The van der Waals surface area contributed by atoms with E-state index in [-0.39, 0.29) is 17.3 Å². The van der Waals surface area contributed by atoms with Crippen LogP contribution >= 0.6 is 0 Å². The number of aromatic nitrogens is 1. The maximum Gasteiger partial charge on any atom is 0.286 e. The second kappa shape index (κ2) is 7.72. The minimum Gasteiger partial charge on any atom is -0.335 e. The summed E-state index contributed by atoms with van der Waals surface area (Å²) in [7, 11) is -2.56. The monoisotopic (exact) mass is 420 g/mol. The fraction of sp³-hybridized carbons (Fsp3) is 0.136. The summed E-state index contributed by atoms with van der Waals surface area (Å²) in [6.07, 6.45) is 1.50. The van der Waals surface area contributed by atoms with Gasteiger partial charge in [-0.3, -0.25) is 4.79 Å². The molecule has 4 rings (SSSR count). The molecule has 0 spiro atoms. The van der Waals surface area contributed by atoms with Gasteiger partial charge in [-0.25, -0.2) is 18.4 Å². The average molecular weight is 420 g/mol. The van der Waals surface area contributed by atoms with Crippen LogP contribution in [-0.2, 0) is 21.2 Å². The minimum atomic E-state index is -4.11. The molecule has 2 aromatic carbocycles. The van der Waals surface area contributed by atoms with Gasteiger partial charge in [0.1, 0.15) is 4.90 Å². The highest BCUT2D eigenvalue weighted by atomic mass is 32.2. The highest BCUT2D eigenvalue weighted by Crippen LogP contribution is 2.35. The number of carbonyl (C=O) groups is 1. The van der Waals surface area contributed by atoms with Crippen molar-refractivity contribution >= 4 is 32.3 Å². The smallest absolute Gasteiger partial charge is 0.286 e. The Labute approximate surface area is 175 Å². The number of fused-ring (bicyclic) bond motifs is 1. The largest absolute Gasteiger partial charge is 0.335 e. The van der Waals surface area contributed by atoms with E-state index >= 15 is 0 Å². The zero-order valence-corrected chi connectivity index (χ0v) is 17.4. The van der Waals surface area contributed by atoms with Gasteiger partial charge in [0.2, 0.25) is 14.9 Å². The summed E-state index contributed by atoms with van der Waals surface area (Å²) in [5.74, 6) is -0.505. The first-order chi connectivity index (χ1) is 14.4. The zero-order valence-electron chi connectivity index (χ0n) is 16.6. The van der Waals surface area contributed by atoms with Crippen LogP contribution in [0.4, 0.5) is 11.5 Å². The molecular weight excluding hydrogens is 400 g/mol. The number of pyridine rings is 1. The Morgan fingerprint density at radius 1 is 1.00 bits per heavy atom. The lowest BCUT2D eigenvalue weighted by Gasteiger charge is -2.27. The van der Waals surface area contributed by atoms with Gasteiger partial charge in [0.05, 0.1) is 5.69 Å². The normalized spacial score (nSPS) is 14.6. The summed E-state index contributed by atoms with van der Waals surface area (Å²) in [5, 5.41) is 5.12. The van der Waals surface area contributed by atoms with Crippen molar-refractivity contribution in [2.45, 2.75) is 18.4 Å². The van der Waals surface area contributed by atoms with Crippen molar-refractivity contribution in [1.82, 2.24) is 9.88 Å². The third-order valence-electron chi connectivity index (χ3n) is 4.76. The number of hydrazone groups is 1. The average Bonchev–Trinajstić information content (AvgIpc) is 2.75. The highest BCUT2D eigenvalue weighted by molar-refractivity contribution is 8.08. The van der Waals surface area contributed by atoms with Crippen LogP contribution in [0.5, 0.6) is 0 Å². The molecule has 0 fully saturated rings. The molecule has 1 aromatic heterocycles. The number of hydrogen-bond acceptors (Lipinski definition) is 6. The second-order valence-electron chi connectivity index (χ2n) is 7.03. The van der Waals surface area contributed by atoms with Crippen LogP contribution < -0.4 is 5.01 Å². The second-order valence-corrected chi connectivity index (χ2v) is 8.86. The fourth-order valence-corrected chi connectivity index (χ4v) is 4.58. The molecule has 152 valence electrons. The third kappa shape index (κ3) is 3.57. The van der Waals surface area contributed by atoms with E-state index in [0.717, 1.165) is 11.1 Å². The molecular formula is C22H20N4O3S. The summed E-state index contributed by atoms with van der Waals surface area (Å²) in [5.41, 5.74) is 2.55. The molecule has 7 nitrogen and oxygen atoms in total. The van der Waals surface area contributed by atoms with E-state index in [4.69, 9.17) is 0 Å². The Bertz CT molecular complexity index is 1220. The first kappa shape index (κ1) is 19.8. The first-order valence-corrected chi connectivity index (χ1v) is 10.8. The van der Waals surface area contributed by atoms with Gasteiger partial charge in [-0.2, -0.15) is 0 Å². The number of amides is 1. The van der Waals surface area contributed by atoms with Crippen molar-refractivity contribution in [3.05, 3.63) is 84.1 Å². The molecule has 30 heavy (non-hydrogen) atoms. The Balaban J connectivity index is 1.77. The van der Waals surface area contributed by atoms with E-state index in [9.17, 15) is 13.2 Å². The van der Waals surface area contributed by atoms with Crippen LogP contribution in [0, 0.1) is 6.92 Å². The van der Waals surface area contributed by atoms with E-state index < -0.39 is 20.8 Å². The topological polar surface area (TPSA) is 82.9 Å². The SMILES string of the molecule is Cc1ccc(N2N=C(C(=O)N(C)Cc3ccccc3)S(=O)(=O)c3cccnc32)cc1. The predicted octanol–water partition coefficient (Wildman–Crippen LogP) is 3.29. The Hall–Kier alpha value is -3.52. The third-order valence-corrected chi connectivity index (χ3v) is 6.42. The molecule has 0 bridgehead atoms. The van der Waals surface area contributed by atoms with Crippen LogP contribution in [-0.4, -0.2) is 36.3 Å². The maximum absolute atomic E-state index is 13.2. The highest BCUT2D eigenvalue weighted by Gasteiger charge is 2.39. The van der Waals surface area contributed by atoms with Crippen LogP contribution in [0.3, 0.4) is 0 Å². The molecule has 0 saturated carbocycles. The standard InChI is InChI=1S/C22H20N4O3S/c1-16-10-12-18(13-11-16)26-20-19(9-6-14-23-20)30(28,29)21(24-26)22(27)25(2)15-17-7-4-3-5-8-17/h3-14H,15H2,1-2H3. The molecule has 0 atom stereocenters. The number of sulfone groups is 1. The number of rotatable bonds is 4. The van der Waals surface area contributed by atoms with Crippen LogP contribution in [0.15, 0.2) is 82.9 Å². The van der Waals surface area contributed by atoms with Crippen molar-refractivity contribution in [2.75, 3.05) is 12.1 Å². The molecule has 0 aliphatic carbocycles. The molecule has 0 N–H and O–H groups in total. The summed E-state index contributed by atoms with van der Waals surface area (Å²) >= 11 is 0. The van der Waals surface area contributed by atoms with Crippen molar-refractivity contribution in [2.24, 2.45) is 5.10 Å². The number of anilines is 2. The fourth-order valence-electron chi connectivity index (χ4n) is 3.16. The molecule has 2 heterocycles. The lowest BCUT2D eigenvalue weighted by atomic mass is 10.2. The molecule has 1 amide bonds. The molecule has 0 unspecified atom stereocenters. The minimum absolute atomic E-state index is 0.0444. The lowest BCUT2D eigenvalue weighted by molar-refractivity contribution is -0.123. The van der Waals surface area contributed by atoms with Gasteiger partial charge in [0, 0.05) is 19.8 Å². The first-order valence-electron chi connectivity index (χ1n) is 9.33. The van der Waals surface area contributed by atoms with Gasteiger partial charge in [-0.05, 0) is 36.8 Å². The van der Waals surface area contributed by atoms with Gasteiger partial charge < -0.3 is 4.90 Å². The molecule has 8 heteroatoms. The number of hydrogen-bond donors (Lipinski definition) is 0.